The second kappa shape index (κ2) is 4.77. The van der Waals surface area contributed by atoms with E-state index in [1.165, 1.54) is 24.0 Å². The molecule has 0 heterocycles. The van der Waals surface area contributed by atoms with Crippen LogP contribution >= 0.6 is 0 Å². The zero-order chi connectivity index (χ0) is 10.7. The summed E-state index contributed by atoms with van der Waals surface area (Å²) in [5.41, 5.74) is 3.03. The molecular formula is C13H19NO. The Morgan fingerprint density at radius 2 is 2.20 bits per heavy atom. The van der Waals surface area contributed by atoms with E-state index in [2.05, 4.69) is 36.2 Å². The fourth-order valence-electron chi connectivity index (χ4n) is 2.38. The van der Waals surface area contributed by atoms with Crippen LogP contribution in [0.15, 0.2) is 24.3 Å². The van der Waals surface area contributed by atoms with Crippen LogP contribution in [0, 0.1) is 0 Å². The van der Waals surface area contributed by atoms with Gasteiger partial charge in [-0.15, -0.1) is 0 Å². The number of likely N-dealkylation sites (N-methyl/N-ethyl adjacent to an activating group) is 1. The number of methoxy groups -OCH3 is 1. The van der Waals surface area contributed by atoms with Crippen molar-refractivity contribution in [2.45, 2.75) is 18.9 Å². The molecule has 1 aromatic carbocycles. The van der Waals surface area contributed by atoms with Crippen LogP contribution in [0.1, 0.15) is 23.6 Å². The lowest BCUT2D eigenvalue weighted by molar-refractivity contribution is 0.138. The van der Waals surface area contributed by atoms with Gasteiger partial charge in [-0.2, -0.15) is 0 Å². The van der Waals surface area contributed by atoms with Crippen LogP contribution in [0.2, 0.25) is 0 Å². The zero-order valence-corrected chi connectivity index (χ0v) is 9.57. The molecule has 1 unspecified atom stereocenters. The molecule has 0 fully saturated rings. The van der Waals surface area contributed by atoms with Crippen LogP contribution in [-0.4, -0.2) is 32.2 Å². The van der Waals surface area contributed by atoms with Gasteiger partial charge in [-0.25, -0.2) is 0 Å². The largest absolute Gasteiger partial charge is 0.383 e. The molecule has 0 saturated carbocycles. The maximum absolute atomic E-state index is 5.12. The van der Waals surface area contributed by atoms with Gasteiger partial charge in [0.15, 0.2) is 0 Å². The third-order valence-corrected chi connectivity index (χ3v) is 3.28. The predicted molar refractivity (Wildman–Crippen MR) is 62.0 cm³/mol. The van der Waals surface area contributed by atoms with Crippen LogP contribution in [0.4, 0.5) is 0 Å². The lowest BCUT2D eigenvalue weighted by Crippen LogP contribution is -2.26. The van der Waals surface area contributed by atoms with Crippen molar-refractivity contribution < 1.29 is 4.74 Å². The molecule has 82 valence electrons. The van der Waals surface area contributed by atoms with E-state index in [0.29, 0.717) is 6.04 Å². The number of hydrogen-bond acceptors (Lipinski definition) is 2. The topological polar surface area (TPSA) is 12.5 Å². The summed E-state index contributed by atoms with van der Waals surface area (Å²) in [5.74, 6) is 0. The molecule has 2 nitrogen and oxygen atoms in total. The summed E-state index contributed by atoms with van der Waals surface area (Å²) >= 11 is 0. The average Bonchev–Trinajstić information content (AvgIpc) is 2.69. The van der Waals surface area contributed by atoms with Gasteiger partial charge in [-0.05, 0) is 31.0 Å². The third-order valence-electron chi connectivity index (χ3n) is 3.28. The van der Waals surface area contributed by atoms with Crippen LogP contribution in [-0.2, 0) is 11.2 Å². The molecule has 0 bridgehead atoms. The molecule has 0 amide bonds. The number of nitrogens with zero attached hydrogens (tertiary/aromatic N) is 1. The van der Waals surface area contributed by atoms with E-state index < -0.39 is 0 Å². The van der Waals surface area contributed by atoms with Gasteiger partial charge in [0.1, 0.15) is 0 Å². The van der Waals surface area contributed by atoms with E-state index >= 15 is 0 Å². The Kier molecular flexibility index (Phi) is 3.39. The lowest BCUT2D eigenvalue weighted by atomic mass is 10.1. The van der Waals surface area contributed by atoms with Gasteiger partial charge < -0.3 is 4.74 Å². The molecule has 2 rings (SSSR count). The minimum absolute atomic E-state index is 0.594. The van der Waals surface area contributed by atoms with Crippen molar-refractivity contribution >= 4 is 0 Å². The molecule has 1 aliphatic carbocycles. The van der Waals surface area contributed by atoms with E-state index in [9.17, 15) is 0 Å². The van der Waals surface area contributed by atoms with E-state index in [4.69, 9.17) is 4.74 Å². The lowest BCUT2D eigenvalue weighted by Gasteiger charge is -2.24. The summed E-state index contributed by atoms with van der Waals surface area (Å²) in [5, 5.41) is 0. The average molecular weight is 205 g/mol. The van der Waals surface area contributed by atoms with Gasteiger partial charge in [0.2, 0.25) is 0 Å². The van der Waals surface area contributed by atoms with Gasteiger partial charge in [0.25, 0.3) is 0 Å². The number of ether oxygens (including phenoxy) is 1. The fourth-order valence-corrected chi connectivity index (χ4v) is 2.38. The molecule has 0 N–H and O–H groups in total. The molecule has 15 heavy (non-hydrogen) atoms. The predicted octanol–water partition coefficient (Wildman–Crippen LogP) is 2.25. The van der Waals surface area contributed by atoms with E-state index in [1.807, 2.05) is 0 Å². The first kappa shape index (κ1) is 10.7. The van der Waals surface area contributed by atoms with E-state index in [0.717, 1.165) is 13.2 Å². The number of hydrogen-bond donors (Lipinski definition) is 0. The number of rotatable bonds is 4. The fraction of sp³-hybridized carbons (Fsp3) is 0.538. The van der Waals surface area contributed by atoms with Gasteiger partial charge in [-0.3, -0.25) is 4.90 Å². The SMILES string of the molecule is COCCN(C)C1CCc2ccccc21. The third kappa shape index (κ3) is 2.21. The van der Waals surface area contributed by atoms with Gasteiger partial charge in [0, 0.05) is 19.7 Å². The highest BCUT2D eigenvalue weighted by Gasteiger charge is 2.24. The van der Waals surface area contributed by atoms with E-state index in [-0.39, 0.29) is 0 Å². The Balaban J connectivity index is 2.06. The second-order valence-corrected chi connectivity index (χ2v) is 4.23. The van der Waals surface area contributed by atoms with Gasteiger partial charge in [0.05, 0.1) is 6.61 Å². The maximum Gasteiger partial charge on any atom is 0.0589 e. The highest BCUT2D eigenvalue weighted by atomic mass is 16.5. The summed E-state index contributed by atoms with van der Waals surface area (Å²) in [7, 11) is 3.95. The highest BCUT2D eigenvalue weighted by Crippen LogP contribution is 2.34. The molecule has 0 saturated heterocycles. The Morgan fingerprint density at radius 3 is 3.00 bits per heavy atom. The highest BCUT2D eigenvalue weighted by molar-refractivity contribution is 5.34. The second-order valence-electron chi connectivity index (χ2n) is 4.23. The number of benzene rings is 1. The summed E-state index contributed by atoms with van der Waals surface area (Å²) in [6.07, 6.45) is 2.47. The molecular weight excluding hydrogens is 186 g/mol. The first-order valence-corrected chi connectivity index (χ1v) is 5.60. The maximum atomic E-state index is 5.12. The van der Waals surface area contributed by atoms with Gasteiger partial charge in [-0.1, -0.05) is 24.3 Å². The van der Waals surface area contributed by atoms with Crippen LogP contribution in [0.3, 0.4) is 0 Å². The summed E-state index contributed by atoms with van der Waals surface area (Å²) in [6, 6.07) is 9.38. The molecule has 1 atom stereocenters. The van der Waals surface area contributed by atoms with Crippen molar-refractivity contribution in [1.82, 2.24) is 4.90 Å². The molecule has 1 aliphatic rings. The molecule has 0 spiro atoms. The Hall–Kier alpha value is -0.860. The number of aryl methyl sites for hydroxylation is 1. The van der Waals surface area contributed by atoms with Crippen molar-refractivity contribution in [2.24, 2.45) is 0 Å². The Morgan fingerprint density at radius 1 is 1.40 bits per heavy atom. The van der Waals surface area contributed by atoms with Gasteiger partial charge >= 0.3 is 0 Å². The molecule has 0 radical (unpaired) electrons. The standard InChI is InChI=1S/C13H19NO/c1-14(9-10-15-2)13-8-7-11-5-3-4-6-12(11)13/h3-6,13H,7-10H2,1-2H3. The van der Waals surface area contributed by atoms with Crippen molar-refractivity contribution in [3.63, 3.8) is 0 Å². The number of fused-ring (bicyclic) bond motifs is 1. The molecule has 1 aromatic rings. The van der Waals surface area contributed by atoms with Crippen molar-refractivity contribution in [3.05, 3.63) is 35.4 Å². The monoisotopic (exact) mass is 205 g/mol. The minimum Gasteiger partial charge on any atom is -0.383 e. The summed E-state index contributed by atoms with van der Waals surface area (Å²) in [6.45, 7) is 1.82. The van der Waals surface area contributed by atoms with Crippen LogP contribution in [0.25, 0.3) is 0 Å². The van der Waals surface area contributed by atoms with Crippen LogP contribution < -0.4 is 0 Å². The van der Waals surface area contributed by atoms with Crippen LogP contribution in [0.5, 0.6) is 0 Å². The molecule has 0 aromatic heterocycles. The summed E-state index contributed by atoms with van der Waals surface area (Å²) < 4.78 is 5.12. The molecule has 2 heteroatoms. The Labute approximate surface area is 91.9 Å². The van der Waals surface area contributed by atoms with Crippen molar-refractivity contribution in [1.29, 1.82) is 0 Å². The van der Waals surface area contributed by atoms with Crippen molar-refractivity contribution in [2.75, 3.05) is 27.3 Å². The first-order valence-electron chi connectivity index (χ1n) is 5.60. The van der Waals surface area contributed by atoms with E-state index in [1.54, 1.807) is 7.11 Å². The quantitative estimate of drug-likeness (QED) is 0.747. The zero-order valence-electron chi connectivity index (χ0n) is 9.57. The van der Waals surface area contributed by atoms with Crippen molar-refractivity contribution in [3.8, 4) is 0 Å². The first-order chi connectivity index (χ1) is 7.33. The Bertz CT molecular complexity index is 324. The molecule has 0 aliphatic heterocycles. The summed E-state index contributed by atoms with van der Waals surface area (Å²) in [4.78, 5) is 2.40. The smallest absolute Gasteiger partial charge is 0.0589 e. The normalized spacial score (nSPS) is 19.5. The minimum atomic E-state index is 0.594.